The molecular formula is C22H19ClN4O2. The van der Waals surface area contributed by atoms with Crippen molar-refractivity contribution in [2.75, 3.05) is 16.8 Å². The third-order valence-electron chi connectivity index (χ3n) is 5.86. The van der Waals surface area contributed by atoms with Gasteiger partial charge in [-0.1, -0.05) is 35.9 Å². The molecule has 6 nitrogen and oxygen atoms in total. The fourth-order valence-electron chi connectivity index (χ4n) is 4.64. The monoisotopic (exact) mass is 406 g/mol. The van der Waals surface area contributed by atoms with Crippen molar-refractivity contribution in [2.24, 2.45) is 0 Å². The van der Waals surface area contributed by atoms with Gasteiger partial charge in [-0.3, -0.25) is 9.59 Å². The van der Waals surface area contributed by atoms with Crippen molar-refractivity contribution in [3.05, 3.63) is 70.4 Å². The molecule has 0 aliphatic carbocycles. The van der Waals surface area contributed by atoms with Gasteiger partial charge in [-0.05, 0) is 43.2 Å². The summed E-state index contributed by atoms with van der Waals surface area (Å²) in [5.41, 5.74) is 3.15. The van der Waals surface area contributed by atoms with E-state index in [9.17, 15) is 9.59 Å². The summed E-state index contributed by atoms with van der Waals surface area (Å²) < 4.78 is 1.64. The molecule has 0 saturated heterocycles. The van der Waals surface area contributed by atoms with E-state index < -0.39 is 5.41 Å². The van der Waals surface area contributed by atoms with Crippen LogP contribution in [0.5, 0.6) is 0 Å². The number of rotatable bonds is 2. The Bertz CT molecular complexity index is 1190. The van der Waals surface area contributed by atoms with Gasteiger partial charge in [0.2, 0.25) is 11.8 Å². The molecule has 2 aliphatic rings. The number of para-hydroxylation sites is 1. The van der Waals surface area contributed by atoms with Crippen molar-refractivity contribution in [1.29, 1.82) is 0 Å². The Balaban J connectivity index is 1.79. The topological polar surface area (TPSA) is 67.2 Å². The van der Waals surface area contributed by atoms with Crippen molar-refractivity contribution < 1.29 is 9.59 Å². The molecule has 1 aromatic heterocycles. The first-order valence-corrected chi connectivity index (χ1v) is 9.91. The molecule has 2 amide bonds. The molecule has 7 heteroatoms. The van der Waals surface area contributed by atoms with Crippen LogP contribution in [0.1, 0.15) is 30.0 Å². The van der Waals surface area contributed by atoms with Crippen LogP contribution in [0.15, 0.2) is 48.7 Å². The minimum absolute atomic E-state index is 0.0625. The second-order valence-corrected chi connectivity index (χ2v) is 7.89. The smallest absolute Gasteiger partial charge is 0.242 e. The fraction of sp³-hybridized carbons (Fsp3) is 0.227. The highest BCUT2D eigenvalue weighted by Gasteiger charge is 2.57. The predicted molar refractivity (Wildman–Crippen MR) is 112 cm³/mol. The molecule has 0 bridgehead atoms. The lowest BCUT2D eigenvalue weighted by molar-refractivity contribution is -0.126. The van der Waals surface area contributed by atoms with E-state index in [1.807, 2.05) is 44.2 Å². The molecule has 3 aromatic rings. The maximum absolute atomic E-state index is 13.7. The summed E-state index contributed by atoms with van der Waals surface area (Å²) in [6, 6.07) is 13.1. The summed E-state index contributed by atoms with van der Waals surface area (Å²) in [5.74, 6) is 0.230. The number of hydrogen-bond donors (Lipinski definition) is 1. The third-order valence-corrected chi connectivity index (χ3v) is 6.09. The largest absolute Gasteiger partial charge is 0.311 e. The molecule has 1 spiro atoms. The maximum atomic E-state index is 13.7. The van der Waals surface area contributed by atoms with Crippen LogP contribution in [0.3, 0.4) is 0 Å². The highest BCUT2D eigenvalue weighted by Crippen LogP contribution is 2.53. The SMILES string of the molecule is CCN1C(=O)[C@@]2(CC(=O)Nc3c2cnn3-c2cccc(Cl)c2)c2cccc(C)c21. The molecule has 2 aromatic carbocycles. The number of anilines is 2. The molecule has 146 valence electrons. The van der Waals surface area contributed by atoms with E-state index in [0.717, 1.165) is 22.5 Å². The second-order valence-electron chi connectivity index (χ2n) is 7.45. The highest BCUT2D eigenvalue weighted by atomic mass is 35.5. The van der Waals surface area contributed by atoms with E-state index in [1.165, 1.54) is 0 Å². The average molecular weight is 407 g/mol. The lowest BCUT2D eigenvalue weighted by atomic mass is 9.71. The van der Waals surface area contributed by atoms with Gasteiger partial charge in [0.25, 0.3) is 0 Å². The minimum atomic E-state index is -1.06. The zero-order chi connectivity index (χ0) is 20.3. The zero-order valence-corrected chi connectivity index (χ0v) is 16.8. The minimum Gasteiger partial charge on any atom is -0.311 e. The number of fused-ring (bicyclic) bond motifs is 4. The number of amides is 2. The van der Waals surface area contributed by atoms with Gasteiger partial charge >= 0.3 is 0 Å². The molecule has 2 aliphatic heterocycles. The first-order valence-electron chi connectivity index (χ1n) is 9.53. The Kier molecular flexibility index (Phi) is 3.83. The summed E-state index contributed by atoms with van der Waals surface area (Å²) in [6.07, 6.45) is 1.76. The van der Waals surface area contributed by atoms with Gasteiger partial charge in [0.05, 0.1) is 17.6 Å². The number of halogens is 1. The Morgan fingerprint density at radius 2 is 1.97 bits per heavy atom. The van der Waals surface area contributed by atoms with Gasteiger partial charge in [-0.15, -0.1) is 0 Å². The number of aromatic nitrogens is 2. The first kappa shape index (κ1) is 17.9. The number of nitrogens with zero attached hydrogens (tertiary/aromatic N) is 3. The van der Waals surface area contributed by atoms with Crippen molar-refractivity contribution in [3.63, 3.8) is 0 Å². The quantitative estimate of drug-likeness (QED) is 0.703. The van der Waals surface area contributed by atoms with Crippen LogP contribution in [0, 0.1) is 6.92 Å². The molecule has 3 heterocycles. The predicted octanol–water partition coefficient (Wildman–Crippen LogP) is 3.83. The number of carbonyl (C=O) groups excluding carboxylic acids is 2. The van der Waals surface area contributed by atoms with E-state index in [1.54, 1.807) is 27.9 Å². The van der Waals surface area contributed by atoms with Gasteiger partial charge in [-0.2, -0.15) is 5.10 Å². The maximum Gasteiger partial charge on any atom is 0.242 e. The molecule has 1 N–H and O–H groups in total. The highest BCUT2D eigenvalue weighted by molar-refractivity contribution is 6.30. The number of likely N-dealkylation sites (N-methyl/N-ethyl adjacent to an activating group) is 1. The summed E-state index contributed by atoms with van der Waals surface area (Å²) >= 11 is 6.15. The van der Waals surface area contributed by atoms with Gasteiger partial charge in [0, 0.05) is 23.6 Å². The van der Waals surface area contributed by atoms with Crippen molar-refractivity contribution in [1.82, 2.24) is 9.78 Å². The van der Waals surface area contributed by atoms with E-state index in [0.29, 0.717) is 22.9 Å². The first-order chi connectivity index (χ1) is 14.0. The summed E-state index contributed by atoms with van der Waals surface area (Å²) in [7, 11) is 0. The summed E-state index contributed by atoms with van der Waals surface area (Å²) in [5, 5.41) is 8.01. The second kappa shape index (κ2) is 6.19. The fourth-order valence-corrected chi connectivity index (χ4v) is 4.82. The van der Waals surface area contributed by atoms with Crippen molar-refractivity contribution in [3.8, 4) is 5.69 Å². The van der Waals surface area contributed by atoms with Gasteiger partial charge in [0.15, 0.2) is 0 Å². The normalized spacial score (nSPS) is 20.0. The van der Waals surface area contributed by atoms with E-state index >= 15 is 0 Å². The molecule has 0 fully saturated rings. The Labute approximate surface area is 173 Å². The van der Waals surface area contributed by atoms with Crippen LogP contribution < -0.4 is 10.2 Å². The number of aryl methyl sites for hydroxylation is 1. The van der Waals surface area contributed by atoms with Gasteiger partial charge in [-0.25, -0.2) is 4.68 Å². The lowest BCUT2D eigenvalue weighted by Gasteiger charge is -2.32. The molecule has 0 unspecified atom stereocenters. The van der Waals surface area contributed by atoms with Crippen LogP contribution in [0.4, 0.5) is 11.5 Å². The van der Waals surface area contributed by atoms with Crippen LogP contribution in [0.2, 0.25) is 5.02 Å². The standard InChI is InChI=1S/C22H19ClN4O2/c1-3-26-19-13(2)6-4-9-16(19)22(21(26)29)11-18(28)25-20-17(22)12-24-27(20)15-8-5-7-14(23)10-15/h4-10,12H,3,11H2,1-2H3,(H,25,28)/t22-/m0/s1. The van der Waals surface area contributed by atoms with Crippen LogP contribution in [-0.4, -0.2) is 28.1 Å². The number of carbonyl (C=O) groups is 2. The number of benzene rings is 2. The Hall–Kier alpha value is -3.12. The van der Waals surface area contributed by atoms with Crippen LogP contribution >= 0.6 is 11.6 Å². The number of nitrogens with one attached hydrogen (secondary N) is 1. The number of hydrogen-bond acceptors (Lipinski definition) is 3. The molecule has 0 radical (unpaired) electrons. The molecule has 0 saturated carbocycles. The van der Waals surface area contributed by atoms with E-state index in [2.05, 4.69) is 10.4 Å². The third kappa shape index (κ3) is 2.32. The van der Waals surface area contributed by atoms with Crippen LogP contribution in [0.25, 0.3) is 5.69 Å². The Morgan fingerprint density at radius 3 is 2.72 bits per heavy atom. The molecular weight excluding hydrogens is 388 g/mol. The average Bonchev–Trinajstić information content (AvgIpc) is 3.21. The van der Waals surface area contributed by atoms with Crippen LogP contribution in [-0.2, 0) is 15.0 Å². The summed E-state index contributed by atoms with van der Waals surface area (Å²) in [4.78, 5) is 28.3. The van der Waals surface area contributed by atoms with Gasteiger partial charge < -0.3 is 10.2 Å². The molecule has 1 atom stereocenters. The van der Waals surface area contributed by atoms with E-state index in [-0.39, 0.29) is 18.2 Å². The summed E-state index contributed by atoms with van der Waals surface area (Å²) in [6.45, 7) is 4.48. The molecule has 5 rings (SSSR count). The van der Waals surface area contributed by atoms with Crippen molar-refractivity contribution >= 4 is 34.9 Å². The Morgan fingerprint density at radius 1 is 1.17 bits per heavy atom. The molecule has 29 heavy (non-hydrogen) atoms. The zero-order valence-electron chi connectivity index (χ0n) is 16.1. The van der Waals surface area contributed by atoms with Gasteiger partial charge in [0.1, 0.15) is 11.2 Å². The van der Waals surface area contributed by atoms with Crippen molar-refractivity contribution in [2.45, 2.75) is 25.7 Å². The van der Waals surface area contributed by atoms with E-state index in [4.69, 9.17) is 11.6 Å². The lowest BCUT2D eigenvalue weighted by Crippen LogP contribution is -2.46.